The van der Waals surface area contributed by atoms with Gasteiger partial charge in [0.25, 0.3) is 0 Å². The Kier molecular flexibility index (Phi) is 3.99. The highest BCUT2D eigenvalue weighted by molar-refractivity contribution is 6.39. The maximum Gasteiger partial charge on any atom is 0.344 e. The van der Waals surface area contributed by atoms with Crippen molar-refractivity contribution in [3.63, 3.8) is 0 Å². The van der Waals surface area contributed by atoms with E-state index in [9.17, 15) is 4.79 Å². The van der Waals surface area contributed by atoms with Gasteiger partial charge in [-0.2, -0.15) is 0 Å². The molecule has 0 spiro atoms. The Morgan fingerprint density at radius 1 is 1.19 bits per heavy atom. The highest BCUT2D eigenvalue weighted by Gasteiger charge is 2.50. The minimum absolute atomic E-state index is 0.0352. The lowest BCUT2D eigenvalue weighted by molar-refractivity contribution is 0.00627. The van der Waals surface area contributed by atoms with Crippen LogP contribution < -0.4 is 0 Å². The number of halogens is 2. The molecule has 2 heterocycles. The number of hydrogen-bond acceptors (Lipinski definition) is 5. The molecule has 5 nitrogen and oxygen atoms in total. The number of carbonyl (C=O) groups is 1. The minimum Gasteiger partial charge on any atom is -0.458 e. The van der Waals surface area contributed by atoms with Crippen molar-refractivity contribution in [1.29, 1.82) is 0 Å². The topological polar surface area (TPSA) is 55.6 Å². The van der Waals surface area contributed by atoms with Crippen molar-refractivity contribution >= 4 is 29.2 Å². The molecule has 1 aliphatic heterocycles. The summed E-state index contributed by atoms with van der Waals surface area (Å²) in [5.74, 6) is 0.00418. The van der Waals surface area contributed by atoms with Crippen LogP contribution in [0.1, 0.15) is 36.0 Å². The number of ether oxygens (including phenoxy) is 1. The molecule has 0 amide bonds. The molecule has 136 valence electrons. The summed E-state index contributed by atoms with van der Waals surface area (Å²) < 4.78 is 10.9. The zero-order chi connectivity index (χ0) is 17.8. The van der Waals surface area contributed by atoms with Crippen LogP contribution in [0.5, 0.6) is 0 Å². The number of aromatic nitrogens is 1. The zero-order valence-corrected chi connectivity index (χ0v) is 15.5. The van der Waals surface area contributed by atoms with Gasteiger partial charge >= 0.3 is 5.97 Å². The van der Waals surface area contributed by atoms with Gasteiger partial charge in [-0.3, -0.25) is 4.90 Å². The predicted octanol–water partition coefficient (Wildman–Crippen LogP) is 4.43. The standard InChI is InChI=1S/C19H18Cl2N2O3/c20-14-2-1-3-15(21)17(14)18-13(9-25-22-18)19(24)26-16-7-12-6-10(16)8-23(12)11-4-5-11/h1-3,9-12,16H,4-8H2/t10-,12-,16-/m0/s1. The van der Waals surface area contributed by atoms with E-state index in [4.69, 9.17) is 32.5 Å². The van der Waals surface area contributed by atoms with Gasteiger partial charge < -0.3 is 9.26 Å². The normalized spacial score (nSPS) is 27.8. The molecule has 1 saturated heterocycles. The van der Waals surface area contributed by atoms with Gasteiger partial charge in [-0.05, 0) is 31.4 Å². The number of carbonyl (C=O) groups excluding carboxylic acids is 1. The van der Waals surface area contributed by atoms with E-state index >= 15 is 0 Å². The first kappa shape index (κ1) is 16.6. The van der Waals surface area contributed by atoms with Gasteiger partial charge in [-0.25, -0.2) is 4.79 Å². The summed E-state index contributed by atoms with van der Waals surface area (Å²) in [5.41, 5.74) is 1.08. The Balaban J connectivity index is 1.34. The van der Waals surface area contributed by atoms with Crippen molar-refractivity contribution in [2.24, 2.45) is 5.92 Å². The molecule has 2 bridgehead atoms. The third-order valence-electron chi connectivity index (χ3n) is 5.78. The van der Waals surface area contributed by atoms with Crippen LogP contribution in [0, 0.1) is 5.92 Å². The Hall–Kier alpha value is -1.56. The Bertz CT molecular complexity index is 844. The fourth-order valence-electron chi connectivity index (χ4n) is 4.43. The van der Waals surface area contributed by atoms with Crippen molar-refractivity contribution in [3.05, 3.63) is 40.1 Å². The molecule has 2 saturated carbocycles. The van der Waals surface area contributed by atoms with Crippen LogP contribution >= 0.6 is 23.2 Å². The van der Waals surface area contributed by atoms with Gasteiger partial charge in [-0.1, -0.05) is 34.4 Å². The average molecular weight is 393 g/mol. The lowest BCUT2D eigenvalue weighted by atomic mass is 10.0. The first-order valence-electron chi connectivity index (χ1n) is 8.97. The first-order valence-corrected chi connectivity index (χ1v) is 9.73. The number of esters is 1. The molecule has 2 aliphatic carbocycles. The highest BCUT2D eigenvalue weighted by atomic mass is 35.5. The van der Waals surface area contributed by atoms with Crippen LogP contribution in [0.4, 0.5) is 0 Å². The second-order valence-electron chi connectivity index (χ2n) is 7.43. The average Bonchev–Trinajstić information content (AvgIpc) is 3.02. The fourth-order valence-corrected chi connectivity index (χ4v) is 5.00. The van der Waals surface area contributed by atoms with Gasteiger partial charge in [0.05, 0.1) is 10.0 Å². The van der Waals surface area contributed by atoms with Crippen LogP contribution in [-0.4, -0.2) is 40.8 Å². The van der Waals surface area contributed by atoms with E-state index in [0.29, 0.717) is 33.3 Å². The number of nitrogens with zero attached hydrogens (tertiary/aromatic N) is 2. The van der Waals surface area contributed by atoms with Crippen molar-refractivity contribution in [2.75, 3.05) is 6.54 Å². The van der Waals surface area contributed by atoms with Gasteiger partial charge in [0, 0.05) is 36.5 Å². The van der Waals surface area contributed by atoms with Crippen LogP contribution in [0.15, 0.2) is 29.0 Å². The van der Waals surface area contributed by atoms with E-state index in [2.05, 4.69) is 10.1 Å². The second-order valence-corrected chi connectivity index (χ2v) is 8.24. The van der Waals surface area contributed by atoms with Crippen LogP contribution in [0.2, 0.25) is 10.0 Å². The molecule has 1 aromatic carbocycles. The summed E-state index contributed by atoms with van der Waals surface area (Å²) in [6, 6.07) is 6.48. The molecule has 5 rings (SSSR count). The Morgan fingerprint density at radius 3 is 2.62 bits per heavy atom. The lowest BCUT2D eigenvalue weighted by Gasteiger charge is -2.31. The SMILES string of the molecule is O=C(O[C@H]1C[C@@H]2C[C@H]1CN2C1CC1)c1conc1-c1c(Cl)cccc1Cl. The smallest absolute Gasteiger partial charge is 0.344 e. The number of likely N-dealkylation sites (tertiary alicyclic amines) is 1. The summed E-state index contributed by atoms with van der Waals surface area (Å²) in [6.07, 6.45) is 5.95. The molecule has 3 aliphatic rings. The number of fused-ring (bicyclic) bond motifs is 2. The molecular formula is C19H18Cl2N2O3. The maximum atomic E-state index is 12.8. The first-order chi connectivity index (χ1) is 12.6. The predicted molar refractivity (Wildman–Crippen MR) is 97.4 cm³/mol. The van der Waals surface area contributed by atoms with E-state index in [0.717, 1.165) is 25.4 Å². The van der Waals surface area contributed by atoms with Crippen molar-refractivity contribution < 1.29 is 14.1 Å². The molecule has 7 heteroatoms. The molecule has 0 N–H and O–H groups in total. The zero-order valence-electron chi connectivity index (χ0n) is 14.0. The summed E-state index contributed by atoms with van der Waals surface area (Å²) >= 11 is 12.5. The largest absolute Gasteiger partial charge is 0.458 e. The third kappa shape index (κ3) is 2.73. The molecule has 3 atom stereocenters. The van der Waals surface area contributed by atoms with E-state index in [1.165, 1.54) is 19.1 Å². The summed E-state index contributed by atoms with van der Waals surface area (Å²) in [7, 11) is 0. The Morgan fingerprint density at radius 2 is 1.96 bits per heavy atom. The van der Waals surface area contributed by atoms with Gasteiger partial charge in [0.1, 0.15) is 23.6 Å². The van der Waals surface area contributed by atoms with E-state index in [1.54, 1.807) is 18.2 Å². The number of piperidine rings is 1. The van der Waals surface area contributed by atoms with E-state index in [-0.39, 0.29) is 11.7 Å². The van der Waals surface area contributed by atoms with Crippen LogP contribution in [-0.2, 0) is 4.74 Å². The highest BCUT2D eigenvalue weighted by Crippen LogP contribution is 2.45. The third-order valence-corrected chi connectivity index (χ3v) is 6.41. The molecule has 0 unspecified atom stereocenters. The van der Waals surface area contributed by atoms with Gasteiger partial charge in [0.15, 0.2) is 0 Å². The number of hydrogen-bond donors (Lipinski definition) is 0. The van der Waals surface area contributed by atoms with Crippen molar-refractivity contribution in [1.82, 2.24) is 10.1 Å². The fraction of sp³-hybridized carbons (Fsp3) is 0.474. The maximum absolute atomic E-state index is 12.8. The van der Waals surface area contributed by atoms with Gasteiger partial charge in [0.2, 0.25) is 0 Å². The molecule has 26 heavy (non-hydrogen) atoms. The summed E-state index contributed by atoms with van der Waals surface area (Å²) in [6.45, 7) is 1.04. The van der Waals surface area contributed by atoms with Crippen molar-refractivity contribution in [2.45, 2.75) is 43.9 Å². The molecular weight excluding hydrogens is 375 g/mol. The molecule has 1 aromatic heterocycles. The van der Waals surface area contributed by atoms with Crippen molar-refractivity contribution in [3.8, 4) is 11.3 Å². The van der Waals surface area contributed by atoms with Crippen LogP contribution in [0.3, 0.4) is 0 Å². The van der Waals surface area contributed by atoms with Gasteiger partial charge in [-0.15, -0.1) is 0 Å². The molecule has 0 radical (unpaired) electrons. The Labute approximate surface area is 161 Å². The van der Waals surface area contributed by atoms with E-state index in [1.807, 2.05) is 0 Å². The monoisotopic (exact) mass is 392 g/mol. The lowest BCUT2D eigenvalue weighted by Crippen LogP contribution is -2.40. The summed E-state index contributed by atoms with van der Waals surface area (Å²) in [5, 5.41) is 4.78. The van der Waals surface area contributed by atoms with E-state index < -0.39 is 5.97 Å². The minimum atomic E-state index is -0.423. The van der Waals surface area contributed by atoms with Crippen LogP contribution in [0.25, 0.3) is 11.3 Å². The molecule has 2 aromatic rings. The summed E-state index contributed by atoms with van der Waals surface area (Å²) in [4.78, 5) is 15.4. The quantitative estimate of drug-likeness (QED) is 0.720. The number of rotatable bonds is 4. The molecule has 3 fully saturated rings. The number of benzene rings is 1. The second kappa shape index (κ2) is 6.25.